The van der Waals surface area contributed by atoms with Crippen molar-refractivity contribution < 1.29 is 77.6 Å². The molecule has 5 amide bonds. The van der Waals surface area contributed by atoms with Crippen LogP contribution in [0.3, 0.4) is 0 Å². The summed E-state index contributed by atoms with van der Waals surface area (Å²) in [6.07, 6.45) is 2.79. The molecular formula is C47H87FN6O15. The van der Waals surface area contributed by atoms with E-state index < -0.39 is 82.9 Å². The number of unbranched alkanes of at least 4 members (excludes halogenated alkanes) is 2. The average Bonchev–Trinajstić information content (AvgIpc) is 3.86. The molecular weight excluding hydrogens is 908 g/mol. The van der Waals surface area contributed by atoms with Crippen LogP contribution in [0.15, 0.2) is 0 Å². The smallest absolute Gasteiger partial charge is 0.408 e. The Labute approximate surface area is 410 Å². The lowest BCUT2D eigenvalue weighted by atomic mass is 9.99. The van der Waals surface area contributed by atoms with Gasteiger partial charge in [0.25, 0.3) is 0 Å². The number of ether oxygens (including phenoxy) is 6. The largest absolute Gasteiger partial charge is 0.481 e. The number of halogens is 1. The maximum atomic E-state index is 12.9. The maximum Gasteiger partial charge on any atom is 0.408 e. The Kier molecular flexibility index (Phi) is 28.2. The molecule has 69 heavy (non-hydrogen) atoms. The van der Waals surface area contributed by atoms with Gasteiger partial charge in [-0.25, -0.2) is 28.8 Å². The summed E-state index contributed by atoms with van der Waals surface area (Å²) in [6, 6.07) is 0. The molecule has 21 nitrogen and oxygen atoms in total. The van der Waals surface area contributed by atoms with Crippen LogP contribution in [0.1, 0.15) is 150 Å². The van der Waals surface area contributed by atoms with Gasteiger partial charge in [0.1, 0.15) is 22.4 Å². The van der Waals surface area contributed by atoms with Crippen molar-refractivity contribution in [1.82, 2.24) is 31.5 Å². The first-order valence-corrected chi connectivity index (χ1v) is 23.2. The molecule has 22 heteroatoms. The SMILES string of the molecule is COC(=O)C1(NC(=O)OC(C)(C)C)CCN(C(=O)[C@H](C)CCCCNC(=O)OC(C)(C)C)C1.COC(=O)C1(NC(=O)OC(C)(C)C)CCNC1.C[C@H](CCCCNC(=O)OC(C)(C)C)C(=O)O.[2H]CF. The highest BCUT2D eigenvalue weighted by Gasteiger charge is 2.49. The summed E-state index contributed by atoms with van der Waals surface area (Å²) in [7, 11) is 1.55. The van der Waals surface area contributed by atoms with Crippen LogP contribution < -0.4 is 26.6 Å². The number of nitrogens with one attached hydrogen (secondary N) is 5. The molecule has 2 saturated heterocycles. The second kappa shape index (κ2) is 30.5. The van der Waals surface area contributed by atoms with Crippen molar-refractivity contribution in [3.8, 4) is 0 Å². The van der Waals surface area contributed by atoms with Crippen molar-refractivity contribution in [2.45, 2.75) is 182 Å². The maximum absolute atomic E-state index is 12.9. The molecule has 4 atom stereocenters. The van der Waals surface area contributed by atoms with E-state index in [4.69, 9.17) is 34.9 Å². The summed E-state index contributed by atoms with van der Waals surface area (Å²) in [5, 5.41) is 22.3. The molecule has 2 aliphatic rings. The number of alkyl carbamates (subject to hydrolysis) is 4. The normalized spacial score (nSPS) is 18.7. The zero-order valence-corrected chi connectivity index (χ0v) is 44.2. The number of carbonyl (C=O) groups is 8. The fourth-order valence-electron chi connectivity index (χ4n) is 6.45. The number of methoxy groups -OCH3 is 2. The third-order valence-electron chi connectivity index (χ3n) is 9.68. The predicted molar refractivity (Wildman–Crippen MR) is 256 cm³/mol. The van der Waals surface area contributed by atoms with E-state index in [9.17, 15) is 42.7 Å². The summed E-state index contributed by atoms with van der Waals surface area (Å²) >= 11 is 0. The summed E-state index contributed by atoms with van der Waals surface area (Å²) in [5.41, 5.74) is -4.67. The summed E-state index contributed by atoms with van der Waals surface area (Å²) in [4.78, 5) is 96.1. The fraction of sp³-hybridized carbons (Fsp3) is 0.830. The quantitative estimate of drug-likeness (QED) is 0.0555. The number of carboxylic acids is 1. The van der Waals surface area contributed by atoms with Gasteiger partial charge in [-0.05, 0) is 122 Å². The number of carbonyl (C=O) groups excluding carboxylic acids is 7. The van der Waals surface area contributed by atoms with E-state index in [1.54, 1.807) is 94.9 Å². The van der Waals surface area contributed by atoms with Crippen LogP contribution in [0.25, 0.3) is 0 Å². The number of alkyl halides is 1. The molecule has 0 aromatic heterocycles. The van der Waals surface area contributed by atoms with Gasteiger partial charge in [-0.3, -0.25) is 14.0 Å². The lowest BCUT2D eigenvalue weighted by molar-refractivity contribution is -0.149. The van der Waals surface area contributed by atoms with Crippen molar-refractivity contribution in [2.75, 3.05) is 60.6 Å². The van der Waals surface area contributed by atoms with Gasteiger partial charge in [-0.2, -0.15) is 0 Å². The Morgan fingerprint density at radius 1 is 0.638 bits per heavy atom. The minimum atomic E-state index is -1.33. The molecule has 0 spiro atoms. The molecule has 2 unspecified atom stereocenters. The van der Waals surface area contributed by atoms with Crippen LogP contribution >= 0.6 is 0 Å². The van der Waals surface area contributed by atoms with Gasteiger partial charge in [-0.15, -0.1) is 0 Å². The molecule has 0 aromatic carbocycles. The molecule has 2 aliphatic heterocycles. The number of nitrogens with zero attached hydrogens (tertiary/aromatic N) is 1. The summed E-state index contributed by atoms with van der Waals surface area (Å²) < 4.78 is 45.8. The fourth-order valence-corrected chi connectivity index (χ4v) is 6.45. The molecule has 0 aromatic rings. The molecule has 0 radical (unpaired) electrons. The van der Waals surface area contributed by atoms with Crippen molar-refractivity contribution in [3.63, 3.8) is 0 Å². The number of amides is 5. The molecule has 2 heterocycles. The van der Waals surface area contributed by atoms with E-state index in [2.05, 4.69) is 26.6 Å². The van der Waals surface area contributed by atoms with Gasteiger partial charge in [0.05, 0.1) is 35.2 Å². The van der Waals surface area contributed by atoms with Crippen LogP contribution in [0.2, 0.25) is 0 Å². The number of aliphatic carboxylic acids is 1. The third-order valence-corrected chi connectivity index (χ3v) is 9.68. The zero-order valence-electron chi connectivity index (χ0n) is 45.2. The molecule has 0 saturated carbocycles. The Morgan fingerprint density at radius 3 is 1.38 bits per heavy atom. The lowest BCUT2D eigenvalue weighted by Crippen LogP contribution is -2.58. The molecule has 2 rings (SSSR count). The molecule has 402 valence electrons. The van der Waals surface area contributed by atoms with Crippen molar-refractivity contribution in [3.05, 3.63) is 0 Å². The van der Waals surface area contributed by atoms with Gasteiger partial charge in [0.2, 0.25) is 5.91 Å². The second-order valence-electron chi connectivity index (χ2n) is 20.8. The minimum absolute atomic E-state index is 0.0300. The van der Waals surface area contributed by atoms with E-state index in [0.717, 1.165) is 19.3 Å². The highest BCUT2D eigenvalue weighted by Crippen LogP contribution is 2.27. The first-order chi connectivity index (χ1) is 32.0. The van der Waals surface area contributed by atoms with E-state index in [-0.39, 0.29) is 30.7 Å². The van der Waals surface area contributed by atoms with Gasteiger partial charge >= 0.3 is 42.3 Å². The number of esters is 2. The predicted octanol–water partition coefficient (Wildman–Crippen LogP) is 6.39. The molecule has 0 bridgehead atoms. The first kappa shape index (κ1) is 63.8. The van der Waals surface area contributed by atoms with Crippen LogP contribution in [0, 0.1) is 11.8 Å². The van der Waals surface area contributed by atoms with Crippen LogP contribution in [0.4, 0.5) is 23.6 Å². The summed E-state index contributed by atoms with van der Waals surface area (Å²) in [6.45, 7) is 27.2. The van der Waals surface area contributed by atoms with Gasteiger partial charge < -0.3 is 65.0 Å². The Morgan fingerprint density at radius 2 is 1.01 bits per heavy atom. The van der Waals surface area contributed by atoms with Crippen LogP contribution in [-0.2, 0) is 47.6 Å². The Balaban J connectivity index is 0. The molecule has 0 aliphatic carbocycles. The number of rotatable bonds is 16. The number of likely N-dealkylation sites (tertiary alicyclic amines) is 1. The number of carboxylic acid groups (broad SMARTS) is 1. The van der Waals surface area contributed by atoms with E-state index in [1.165, 1.54) is 14.2 Å². The zero-order chi connectivity index (χ0) is 54.7. The highest BCUT2D eigenvalue weighted by atomic mass is 19.1. The van der Waals surface area contributed by atoms with Crippen LogP contribution in [-0.4, -0.2) is 152 Å². The monoisotopic (exact) mass is 996 g/mol. The number of hydrogen-bond acceptors (Lipinski definition) is 15. The van der Waals surface area contributed by atoms with Gasteiger partial charge in [0.15, 0.2) is 11.1 Å². The minimum Gasteiger partial charge on any atom is -0.481 e. The highest BCUT2D eigenvalue weighted by molar-refractivity contribution is 5.89. The Hall–Kier alpha value is -5.15. The van der Waals surface area contributed by atoms with Crippen molar-refractivity contribution >= 4 is 48.2 Å². The van der Waals surface area contributed by atoms with Crippen LogP contribution in [0.5, 0.6) is 0 Å². The molecule has 2 fully saturated rings. The van der Waals surface area contributed by atoms with Crippen molar-refractivity contribution in [2.24, 2.45) is 11.8 Å². The second-order valence-corrected chi connectivity index (χ2v) is 20.8. The van der Waals surface area contributed by atoms with E-state index in [1.807, 2.05) is 6.92 Å². The number of hydrogen-bond donors (Lipinski definition) is 6. The van der Waals surface area contributed by atoms with Crippen molar-refractivity contribution in [1.29, 1.82) is 0 Å². The Bertz CT molecular complexity index is 1660. The van der Waals surface area contributed by atoms with Gasteiger partial charge in [0, 0.05) is 38.5 Å². The van der Waals surface area contributed by atoms with E-state index >= 15 is 0 Å². The third kappa shape index (κ3) is 29.5. The standard InChI is InChI=1S/C23H41N3O7.C12H23NO4.C11H20N2O4.CH3F/c1-16(11-9-10-13-24-19(29)32-21(2,3)4)17(27)26-14-12-23(15-26,18(28)31-8)25-20(30)33-22(5,6)7;1-9(10(14)15)7-5-6-8-13-11(16)17-12(2,3)4;1-10(2,3)17-9(15)13-11(8(14)16-4)5-6-12-7-11;1-2/h16H,9-15H2,1-8H3,(H,24,29)(H,25,30);9H,5-8H2,1-4H3,(H,13,16)(H,14,15);12H,5-7H2,1-4H3,(H,13,15);1H3/t16-,23?;9-;;/m11../s1/i;;;1D. The van der Waals surface area contributed by atoms with Gasteiger partial charge in [-0.1, -0.05) is 26.7 Å². The first-order valence-electron chi connectivity index (χ1n) is 23.9. The lowest BCUT2D eigenvalue weighted by Gasteiger charge is -2.30. The average molecular weight is 996 g/mol. The van der Waals surface area contributed by atoms with E-state index in [0.29, 0.717) is 58.4 Å². The summed E-state index contributed by atoms with van der Waals surface area (Å²) in [5.74, 6) is -2.51. The molecule has 6 N–H and O–H groups in total. The topological polar surface area (TPSA) is 276 Å².